The normalized spacial score (nSPS) is 14.0. The highest BCUT2D eigenvalue weighted by molar-refractivity contribution is 7.80. The molecule has 0 aromatic heterocycles. The monoisotopic (exact) mass is 471 g/mol. The number of amides is 2. The fourth-order valence-corrected chi connectivity index (χ4v) is 4.48. The molecule has 2 N–H and O–H groups in total. The van der Waals surface area contributed by atoms with Crippen molar-refractivity contribution >= 4 is 34.8 Å². The van der Waals surface area contributed by atoms with Crippen LogP contribution in [0.2, 0.25) is 0 Å². The summed E-state index contributed by atoms with van der Waals surface area (Å²) in [4.78, 5) is 28.1. The fourth-order valence-electron chi connectivity index (χ4n) is 4.26. The highest BCUT2D eigenvalue weighted by atomic mass is 32.1. The van der Waals surface area contributed by atoms with Crippen molar-refractivity contribution < 1.29 is 9.59 Å². The van der Waals surface area contributed by atoms with Gasteiger partial charge in [0, 0.05) is 24.3 Å². The van der Waals surface area contributed by atoms with Gasteiger partial charge in [-0.1, -0.05) is 73.7 Å². The maximum absolute atomic E-state index is 13.3. The minimum Gasteiger partial charge on any atom is -0.339 e. The number of anilines is 1. The molecule has 34 heavy (non-hydrogen) atoms. The fraction of sp³-hybridized carbons (Fsp3) is 0.250. The second-order valence-electron chi connectivity index (χ2n) is 8.75. The van der Waals surface area contributed by atoms with Crippen LogP contribution in [0.1, 0.15) is 47.2 Å². The Kier molecular flexibility index (Phi) is 7.70. The molecule has 5 nitrogen and oxygen atoms in total. The predicted molar refractivity (Wildman–Crippen MR) is 140 cm³/mol. The van der Waals surface area contributed by atoms with Crippen molar-refractivity contribution in [3.05, 3.63) is 102 Å². The molecule has 1 heterocycles. The van der Waals surface area contributed by atoms with Crippen LogP contribution in [-0.4, -0.2) is 34.9 Å². The molecule has 174 valence electrons. The lowest BCUT2D eigenvalue weighted by Crippen LogP contribution is -2.38. The van der Waals surface area contributed by atoms with Crippen LogP contribution >= 0.6 is 12.2 Å². The van der Waals surface area contributed by atoms with Crippen LogP contribution in [0.5, 0.6) is 0 Å². The molecule has 0 radical (unpaired) electrons. The lowest BCUT2D eigenvalue weighted by molar-refractivity contribution is -0.120. The first-order valence-electron chi connectivity index (χ1n) is 11.6. The van der Waals surface area contributed by atoms with Crippen LogP contribution in [0.15, 0.2) is 84.9 Å². The maximum Gasteiger partial charge on any atom is 0.253 e. The molecule has 0 saturated carbocycles. The Morgan fingerprint density at radius 3 is 2.06 bits per heavy atom. The summed E-state index contributed by atoms with van der Waals surface area (Å²) < 4.78 is 0. The highest BCUT2D eigenvalue weighted by Crippen LogP contribution is 2.25. The molecular weight excluding hydrogens is 442 g/mol. The minimum atomic E-state index is -0.489. The van der Waals surface area contributed by atoms with Crippen molar-refractivity contribution in [1.29, 1.82) is 0 Å². The molecule has 3 aromatic carbocycles. The Bertz CT molecular complexity index is 1100. The van der Waals surface area contributed by atoms with E-state index in [1.54, 1.807) is 6.07 Å². The van der Waals surface area contributed by atoms with E-state index in [9.17, 15) is 9.59 Å². The summed E-state index contributed by atoms with van der Waals surface area (Å²) in [6.07, 6.45) is 2.06. The van der Waals surface area contributed by atoms with E-state index < -0.39 is 5.92 Å². The number of piperidine rings is 1. The predicted octanol–water partition coefficient (Wildman–Crippen LogP) is 5.20. The molecule has 0 unspecified atom stereocenters. The summed E-state index contributed by atoms with van der Waals surface area (Å²) in [5.41, 5.74) is 3.05. The molecule has 1 aliphatic rings. The number of carbonyl (C=O) groups is 2. The Labute approximate surface area is 206 Å². The van der Waals surface area contributed by atoms with Gasteiger partial charge in [-0.05, 0) is 60.3 Å². The number of benzene rings is 3. The average molecular weight is 472 g/mol. The molecule has 1 saturated heterocycles. The highest BCUT2D eigenvalue weighted by Gasteiger charge is 2.24. The molecule has 0 spiro atoms. The Balaban J connectivity index is 1.44. The van der Waals surface area contributed by atoms with Crippen LogP contribution in [0, 0.1) is 5.92 Å². The molecule has 0 atom stereocenters. The number of hydrogen-bond acceptors (Lipinski definition) is 3. The van der Waals surface area contributed by atoms with Crippen molar-refractivity contribution in [2.45, 2.75) is 25.7 Å². The zero-order valence-electron chi connectivity index (χ0n) is 19.2. The lowest BCUT2D eigenvalue weighted by atomic mass is 9.90. The molecule has 4 rings (SSSR count). The second-order valence-corrected chi connectivity index (χ2v) is 9.16. The lowest BCUT2D eigenvalue weighted by Gasteiger charge is -2.30. The van der Waals surface area contributed by atoms with Gasteiger partial charge in [0.15, 0.2) is 5.11 Å². The SMILES string of the molecule is CC1CCN(C(=O)c2cccc(NC(=S)NC(=O)C(c3ccccc3)c3ccccc3)c2)CC1. The summed E-state index contributed by atoms with van der Waals surface area (Å²) in [5.74, 6) is -0.0199. The average Bonchev–Trinajstić information content (AvgIpc) is 2.85. The number of likely N-dealkylation sites (tertiary alicyclic amines) is 1. The van der Waals surface area contributed by atoms with E-state index in [-0.39, 0.29) is 16.9 Å². The van der Waals surface area contributed by atoms with Gasteiger partial charge in [0.05, 0.1) is 5.92 Å². The standard InChI is InChI=1S/C28H29N3O2S/c1-20-15-17-31(18-16-20)27(33)23-13-8-14-24(19-23)29-28(34)30-26(32)25(21-9-4-2-5-10-21)22-11-6-3-7-12-22/h2-14,19-20,25H,15-18H2,1H3,(H2,29,30,32,34). The van der Waals surface area contributed by atoms with Crippen LogP contribution in [-0.2, 0) is 4.79 Å². The van der Waals surface area contributed by atoms with Crippen molar-refractivity contribution in [2.75, 3.05) is 18.4 Å². The van der Waals surface area contributed by atoms with Crippen molar-refractivity contribution in [3.8, 4) is 0 Å². The summed E-state index contributed by atoms with van der Waals surface area (Å²) in [6.45, 7) is 3.79. The smallest absolute Gasteiger partial charge is 0.253 e. The van der Waals surface area contributed by atoms with Crippen LogP contribution in [0.4, 0.5) is 5.69 Å². The summed E-state index contributed by atoms with van der Waals surface area (Å²) in [7, 11) is 0. The quantitative estimate of drug-likeness (QED) is 0.502. The van der Waals surface area contributed by atoms with Crippen molar-refractivity contribution in [2.24, 2.45) is 5.92 Å². The summed E-state index contributed by atoms with van der Waals surface area (Å²) in [6, 6.07) is 26.5. The Morgan fingerprint density at radius 1 is 0.882 bits per heavy atom. The van der Waals surface area contributed by atoms with Gasteiger partial charge in [0.25, 0.3) is 5.91 Å². The second kappa shape index (κ2) is 11.1. The first kappa shape index (κ1) is 23.6. The number of nitrogens with zero attached hydrogens (tertiary/aromatic N) is 1. The molecule has 1 aliphatic heterocycles. The molecule has 2 amide bonds. The first-order valence-corrected chi connectivity index (χ1v) is 12.0. The largest absolute Gasteiger partial charge is 0.339 e. The van der Waals surface area contributed by atoms with E-state index in [1.165, 1.54) is 0 Å². The Hall–Kier alpha value is -3.51. The topological polar surface area (TPSA) is 61.4 Å². The molecule has 0 aliphatic carbocycles. The number of nitrogens with one attached hydrogen (secondary N) is 2. The van der Waals surface area contributed by atoms with Crippen molar-refractivity contribution in [1.82, 2.24) is 10.2 Å². The van der Waals surface area contributed by atoms with Crippen molar-refractivity contribution in [3.63, 3.8) is 0 Å². The zero-order valence-corrected chi connectivity index (χ0v) is 20.1. The number of hydrogen-bond donors (Lipinski definition) is 2. The van der Waals surface area contributed by atoms with E-state index in [2.05, 4.69) is 17.6 Å². The van der Waals surface area contributed by atoms with Gasteiger partial charge in [0.1, 0.15) is 0 Å². The Morgan fingerprint density at radius 2 is 1.47 bits per heavy atom. The third kappa shape index (κ3) is 5.88. The van der Waals surface area contributed by atoms with Gasteiger partial charge in [-0.2, -0.15) is 0 Å². The van der Waals surface area contributed by atoms with E-state index in [0.717, 1.165) is 37.1 Å². The van der Waals surface area contributed by atoms with Gasteiger partial charge in [0.2, 0.25) is 5.91 Å². The van der Waals surface area contributed by atoms with E-state index in [1.807, 2.05) is 83.8 Å². The van der Waals surface area contributed by atoms with Gasteiger partial charge < -0.3 is 15.5 Å². The van der Waals surface area contributed by atoms with E-state index in [4.69, 9.17) is 12.2 Å². The molecule has 6 heteroatoms. The van der Waals surface area contributed by atoms with Crippen LogP contribution < -0.4 is 10.6 Å². The van der Waals surface area contributed by atoms with E-state index >= 15 is 0 Å². The molecular formula is C28H29N3O2S. The number of thiocarbonyl (C=S) groups is 1. The van der Waals surface area contributed by atoms with Crippen LogP contribution in [0.25, 0.3) is 0 Å². The minimum absolute atomic E-state index is 0.0266. The first-order chi connectivity index (χ1) is 16.5. The molecule has 1 fully saturated rings. The van der Waals surface area contributed by atoms with Gasteiger partial charge in [-0.25, -0.2) is 0 Å². The van der Waals surface area contributed by atoms with Gasteiger partial charge >= 0.3 is 0 Å². The van der Waals surface area contributed by atoms with Crippen LogP contribution in [0.3, 0.4) is 0 Å². The third-order valence-electron chi connectivity index (χ3n) is 6.20. The van der Waals surface area contributed by atoms with E-state index in [0.29, 0.717) is 17.2 Å². The molecule has 3 aromatic rings. The summed E-state index contributed by atoms with van der Waals surface area (Å²) in [5, 5.41) is 6.09. The third-order valence-corrected chi connectivity index (χ3v) is 6.41. The zero-order chi connectivity index (χ0) is 23.9. The summed E-state index contributed by atoms with van der Waals surface area (Å²) >= 11 is 5.44. The number of carbonyl (C=O) groups excluding carboxylic acids is 2. The van der Waals surface area contributed by atoms with Gasteiger partial charge in [-0.3, -0.25) is 9.59 Å². The maximum atomic E-state index is 13.3. The number of rotatable bonds is 5. The van der Waals surface area contributed by atoms with Gasteiger partial charge in [-0.15, -0.1) is 0 Å². The molecule has 0 bridgehead atoms.